The molecule has 0 aliphatic carbocycles. The molecule has 0 bridgehead atoms. The van der Waals surface area contributed by atoms with Crippen molar-refractivity contribution < 1.29 is 23.2 Å². The van der Waals surface area contributed by atoms with E-state index in [2.05, 4.69) is 31.6 Å². The molecule has 29 heavy (non-hydrogen) atoms. The first-order valence-electron chi connectivity index (χ1n) is 8.41. The molecular weight excluding hydrogens is 452 g/mol. The highest BCUT2D eigenvalue weighted by atomic mass is 79.9. The number of nitrogens with one attached hydrogen (secondary N) is 1. The van der Waals surface area contributed by atoms with Crippen LogP contribution in [0.4, 0.5) is 20.2 Å². The number of anilines is 2. The Morgan fingerprint density at radius 3 is 2.55 bits per heavy atom. The predicted molar refractivity (Wildman–Crippen MR) is 101 cm³/mol. The van der Waals surface area contributed by atoms with E-state index in [0.29, 0.717) is 5.69 Å². The standard InChI is InChI=1S/C18H12BrF2N5O3/c19-9-1-4-11(5-2-9)26-17(28)15-16(18(26)29)25(24-23-15)8-14(27)22-13-7-10(20)3-6-12(13)21/h1-7,15-16H,8H2,(H,22,27)/t15-,16-/m1/s1. The average molecular weight is 464 g/mol. The second-order valence-corrected chi connectivity index (χ2v) is 7.27. The molecule has 3 amide bonds. The molecule has 4 rings (SSSR count). The van der Waals surface area contributed by atoms with Crippen LogP contribution < -0.4 is 10.2 Å². The van der Waals surface area contributed by atoms with Crippen LogP contribution in [0.15, 0.2) is 57.3 Å². The van der Waals surface area contributed by atoms with Crippen molar-refractivity contribution in [2.75, 3.05) is 16.8 Å². The first kappa shape index (κ1) is 19.1. The topological polar surface area (TPSA) is 94.4 Å². The number of carbonyl (C=O) groups excluding carboxylic acids is 3. The fourth-order valence-corrected chi connectivity index (χ4v) is 3.39. The van der Waals surface area contributed by atoms with Gasteiger partial charge in [0.1, 0.15) is 18.2 Å². The van der Waals surface area contributed by atoms with E-state index in [0.717, 1.165) is 32.6 Å². The molecule has 2 atom stereocenters. The third-order valence-corrected chi connectivity index (χ3v) is 4.98. The first-order chi connectivity index (χ1) is 13.8. The minimum Gasteiger partial charge on any atom is -0.322 e. The van der Waals surface area contributed by atoms with Crippen molar-refractivity contribution in [2.24, 2.45) is 10.3 Å². The molecule has 0 radical (unpaired) electrons. The molecule has 1 fully saturated rings. The largest absolute Gasteiger partial charge is 0.322 e. The van der Waals surface area contributed by atoms with Gasteiger partial charge in [0.25, 0.3) is 11.8 Å². The normalized spacial score (nSPS) is 20.4. The van der Waals surface area contributed by atoms with Gasteiger partial charge in [0, 0.05) is 10.5 Å². The number of hydrogen-bond acceptors (Lipinski definition) is 6. The lowest BCUT2D eigenvalue weighted by molar-refractivity contribution is -0.123. The van der Waals surface area contributed by atoms with Crippen LogP contribution in [0.3, 0.4) is 0 Å². The van der Waals surface area contributed by atoms with Crippen LogP contribution in [0.2, 0.25) is 0 Å². The fraction of sp³-hybridized carbons (Fsp3) is 0.167. The highest BCUT2D eigenvalue weighted by Gasteiger charge is 2.55. The molecular formula is C18H12BrF2N5O3. The van der Waals surface area contributed by atoms with Gasteiger partial charge in [0.2, 0.25) is 5.91 Å². The van der Waals surface area contributed by atoms with E-state index in [1.807, 2.05) is 0 Å². The Morgan fingerprint density at radius 1 is 1.10 bits per heavy atom. The summed E-state index contributed by atoms with van der Waals surface area (Å²) in [5, 5.41) is 10.8. The van der Waals surface area contributed by atoms with Crippen LogP contribution in [-0.2, 0) is 14.4 Å². The van der Waals surface area contributed by atoms with Gasteiger partial charge in [-0.05, 0) is 36.4 Å². The number of amides is 3. The fourth-order valence-electron chi connectivity index (χ4n) is 3.13. The summed E-state index contributed by atoms with van der Waals surface area (Å²) in [4.78, 5) is 38.7. The Bertz CT molecular complexity index is 1050. The van der Waals surface area contributed by atoms with Crippen molar-refractivity contribution in [2.45, 2.75) is 12.1 Å². The van der Waals surface area contributed by atoms with Crippen LogP contribution in [-0.4, -0.2) is 41.4 Å². The predicted octanol–water partition coefficient (Wildman–Crippen LogP) is 2.66. The van der Waals surface area contributed by atoms with Crippen LogP contribution in [0.1, 0.15) is 0 Å². The number of fused-ring (bicyclic) bond motifs is 1. The Kier molecular flexibility index (Phi) is 4.82. The molecule has 1 N–H and O–H groups in total. The third kappa shape index (κ3) is 3.48. The van der Waals surface area contributed by atoms with Crippen LogP contribution in [0, 0.1) is 11.6 Å². The van der Waals surface area contributed by atoms with E-state index in [1.54, 1.807) is 24.3 Å². The molecule has 148 valence electrons. The van der Waals surface area contributed by atoms with Crippen molar-refractivity contribution in [1.82, 2.24) is 5.01 Å². The van der Waals surface area contributed by atoms with Gasteiger partial charge < -0.3 is 5.32 Å². The molecule has 2 aliphatic rings. The zero-order chi connectivity index (χ0) is 20.7. The summed E-state index contributed by atoms with van der Waals surface area (Å²) in [5.41, 5.74) is 0.0343. The maximum atomic E-state index is 13.7. The number of nitrogens with zero attached hydrogens (tertiary/aromatic N) is 4. The zero-order valence-electron chi connectivity index (χ0n) is 14.6. The van der Waals surface area contributed by atoms with E-state index in [4.69, 9.17) is 0 Å². The first-order valence-corrected chi connectivity index (χ1v) is 9.20. The molecule has 2 heterocycles. The third-order valence-electron chi connectivity index (χ3n) is 4.45. The number of rotatable bonds is 4. The smallest absolute Gasteiger partial charge is 0.263 e. The van der Waals surface area contributed by atoms with Gasteiger partial charge >= 0.3 is 0 Å². The lowest BCUT2D eigenvalue weighted by atomic mass is 10.1. The maximum absolute atomic E-state index is 13.7. The second kappa shape index (κ2) is 7.32. The lowest BCUT2D eigenvalue weighted by Gasteiger charge is -2.20. The molecule has 1 saturated heterocycles. The molecule has 0 aromatic heterocycles. The van der Waals surface area contributed by atoms with Crippen LogP contribution in [0.5, 0.6) is 0 Å². The van der Waals surface area contributed by atoms with Crippen molar-refractivity contribution in [1.29, 1.82) is 0 Å². The molecule has 0 spiro atoms. The van der Waals surface area contributed by atoms with Gasteiger partial charge in [-0.25, -0.2) is 13.7 Å². The second-order valence-electron chi connectivity index (χ2n) is 6.35. The summed E-state index contributed by atoms with van der Waals surface area (Å²) in [6.45, 7) is -0.464. The van der Waals surface area contributed by atoms with Crippen LogP contribution >= 0.6 is 15.9 Å². The molecule has 0 unspecified atom stereocenters. The monoisotopic (exact) mass is 463 g/mol. The SMILES string of the molecule is O=C(CN1N=N[C@H]2C(=O)N(c3ccc(Br)cc3)C(=O)[C@@H]21)Nc1cc(F)ccc1F. The highest BCUT2D eigenvalue weighted by Crippen LogP contribution is 2.32. The molecule has 2 aromatic rings. The summed E-state index contributed by atoms with van der Waals surface area (Å²) in [7, 11) is 0. The number of halogens is 3. The summed E-state index contributed by atoms with van der Waals surface area (Å²) < 4.78 is 27.7. The summed E-state index contributed by atoms with van der Waals surface area (Å²) in [6, 6.07) is 7.06. The average Bonchev–Trinajstić information content (AvgIpc) is 3.19. The summed E-state index contributed by atoms with van der Waals surface area (Å²) in [6.07, 6.45) is 0. The van der Waals surface area contributed by atoms with Gasteiger partial charge in [0.15, 0.2) is 12.1 Å². The molecule has 0 saturated carbocycles. The molecule has 2 aliphatic heterocycles. The van der Waals surface area contributed by atoms with Crippen LogP contribution in [0.25, 0.3) is 0 Å². The lowest BCUT2D eigenvalue weighted by Crippen LogP contribution is -2.43. The molecule has 2 aromatic carbocycles. The van der Waals surface area contributed by atoms with E-state index in [-0.39, 0.29) is 5.69 Å². The molecule has 11 heteroatoms. The van der Waals surface area contributed by atoms with Gasteiger partial charge in [-0.2, -0.15) is 5.11 Å². The van der Waals surface area contributed by atoms with Crippen molar-refractivity contribution in [3.05, 3.63) is 58.6 Å². The molecule has 8 nitrogen and oxygen atoms in total. The Labute approximate surface area is 171 Å². The Morgan fingerprint density at radius 2 is 1.83 bits per heavy atom. The van der Waals surface area contributed by atoms with E-state index < -0.39 is 48.0 Å². The van der Waals surface area contributed by atoms with E-state index in [9.17, 15) is 23.2 Å². The number of hydrogen-bond donors (Lipinski definition) is 1. The summed E-state index contributed by atoms with van der Waals surface area (Å²) in [5.74, 6) is -3.39. The Hall–Kier alpha value is -3.21. The van der Waals surface area contributed by atoms with Gasteiger partial charge in [-0.15, -0.1) is 0 Å². The highest BCUT2D eigenvalue weighted by molar-refractivity contribution is 9.10. The van der Waals surface area contributed by atoms with Crippen molar-refractivity contribution >= 4 is 45.0 Å². The van der Waals surface area contributed by atoms with Gasteiger partial charge in [-0.3, -0.25) is 19.4 Å². The summed E-state index contributed by atoms with van der Waals surface area (Å²) >= 11 is 3.28. The zero-order valence-corrected chi connectivity index (χ0v) is 16.1. The number of imide groups is 1. The number of carbonyl (C=O) groups is 3. The van der Waals surface area contributed by atoms with Crippen molar-refractivity contribution in [3.63, 3.8) is 0 Å². The minimum atomic E-state index is -1.07. The van der Waals surface area contributed by atoms with Gasteiger partial charge in [-0.1, -0.05) is 21.2 Å². The van der Waals surface area contributed by atoms with E-state index in [1.165, 1.54) is 0 Å². The Balaban J connectivity index is 1.49. The van der Waals surface area contributed by atoms with Crippen molar-refractivity contribution in [3.8, 4) is 0 Å². The van der Waals surface area contributed by atoms with E-state index >= 15 is 0 Å². The van der Waals surface area contributed by atoms with Gasteiger partial charge in [0.05, 0.1) is 11.4 Å². The minimum absolute atomic E-state index is 0.340. The number of benzene rings is 2. The quantitative estimate of drug-likeness (QED) is 0.705. The maximum Gasteiger partial charge on any atom is 0.263 e.